The summed E-state index contributed by atoms with van der Waals surface area (Å²) < 4.78 is 5.11. The second-order valence-electron chi connectivity index (χ2n) is 2.57. The van der Waals surface area contributed by atoms with Crippen LogP contribution < -0.4 is 5.32 Å². The first kappa shape index (κ1) is 6.05. The summed E-state index contributed by atoms with van der Waals surface area (Å²) in [5.74, 6) is 0.706. The Kier molecular flexibility index (Phi) is 1.86. The van der Waals surface area contributed by atoms with Crippen LogP contribution in [0.4, 0.5) is 0 Å². The lowest BCUT2D eigenvalue weighted by Crippen LogP contribution is -2.28. The SMILES string of the molecule is CC(C)[C@@H]1COCN1. The van der Waals surface area contributed by atoms with Gasteiger partial charge in [-0.1, -0.05) is 13.8 Å². The van der Waals surface area contributed by atoms with Gasteiger partial charge in [0.05, 0.1) is 13.3 Å². The molecule has 0 saturated carbocycles. The molecule has 0 bridgehead atoms. The third kappa shape index (κ3) is 1.20. The first-order valence-corrected chi connectivity index (χ1v) is 3.12. The number of nitrogens with one attached hydrogen (secondary N) is 1. The molecule has 8 heavy (non-hydrogen) atoms. The van der Waals surface area contributed by atoms with Crippen LogP contribution >= 0.6 is 0 Å². The zero-order chi connectivity index (χ0) is 5.98. The molecule has 0 spiro atoms. The summed E-state index contributed by atoms with van der Waals surface area (Å²) in [6.07, 6.45) is 0. The van der Waals surface area contributed by atoms with Gasteiger partial charge in [0.2, 0.25) is 0 Å². The summed E-state index contributed by atoms with van der Waals surface area (Å²) in [4.78, 5) is 0. The van der Waals surface area contributed by atoms with Gasteiger partial charge in [0, 0.05) is 6.04 Å². The highest BCUT2D eigenvalue weighted by molar-refractivity contribution is 4.71. The van der Waals surface area contributed by atoms with Crippen molar-refractivity contribution in [2.75, 3.05) is 13.3 Å². The molecule has 0 aliphatic carbocycles. The van der Waals surface area contributed by atoms with E-state index in [2.05, 4.69) is 19.2 Å². The zero-order valence-electron chi connectivity index (χ0n) is 5.48. The highest BCUT2D eigenvalue weighted by Gasteiger charge is 2.16. The second-order valence-corrected chi connectivity index (χ2v) is 2.57. The summed E-state index contributed by atoms with van der Waals surface area (Å²) in [6.45, 7) is 6.03. The van der Waals surface area contributed by atoms with Gasteiger partial charge in [0.1, 0.15) is 0 Å². The standard InChI is InChI=1S/C6H13NO/c1-5(2)6-3-8-4-7-6/h5-7H,3-4H2,1-2H3/t6-/m0/s1. The molecule has 2 heteroatoms. The maximum absolute atomic E-state index is 5.11. The molecule has 0 aromatic rings. The van der Waals surface area contributed by atoms with Crippen molar-refractivity contribution < 1.29 is 4.74 Å². The minimum absolute atomic E-state index is 0.593. The molecule has 1 fully saturated rings. The summed E-state index contributed by atoms with van der Waals surface area (Å²) in [7, 11) is 0. The van der Waals surface area contributed by atoms with Crippen LogP contribution in [-0.2, 0) is 4.74 Å². The predicted octanol–water partition coefficient (Wildman–Crippen LogP) is 0.588. The molecule has 2 nitrogen and oxygen atoms in total. The van der Waals surface area contributed by atoms with Crippen LogP contribution in [0.5, 0.6) is 0 Å². The van der Waals surface area contributed by atoms with Crippen molar-refractivity contribution in [2.24, 2.45) is 5.92 Å². The summed E-state index contributed by atoms with van der Waals surface area (Å²) >= 11 is 0. The molecule has 1 atom stereocenters. The van der Waals surface area contributed by atoms with E-state index in [0.29, 0.717) is 12.0 Å². The van der Waals surface area contributed by atoms with Crippen LogP contribution in [0.25, 0.3) is 0 Å². The van der Waals surface area contributed by atoms with E-state index < -0.39 is 0 Å². The molecule has 1 saturated heterocycles. The molecule has 1 N–H and O–H groups in total. The van der Waals surface area contributed by atoms with E-state index in [4.69, 9.17) is 4.74 Å². The lowest BCUT2D eigenvalue weighted by molar-refractivity contribution is 0.186. The average Bonchev–Trinajstić information content (AvgIpc) is 2.12. The second kappa shape index (κ2) is 2.46. The number of hydrogen-bond donors (Lipinski definition) is 1. The fraction of sp³-hybridized carbons (Fsp3) is 1.00. The minimum atomic E-state index is 0.593. The molecule has 1 heterocycles. The van der Waals surface area contributed by atoms with Gasteiger partial charge in [0.25, 0.3) is 0 Å². The monoisotopic (exact) mass is 115 g/mol. The number of hydrogen-bond acceptors (Lipinski definition) is 2. The fourth-order valence-electron chi connectivity index (χ4n) is 0.839. The Labute approximate surface area is 50.2 Å². The Morgan fingerprint density at radius 2 is 2.38 bits per heavy atom. The summed E-state index contributed by atoms with van der Waals surface area (Å²) in [5, 5.41) is 3.23. The van der Waals surface area contributed by atoms with E-state index >= 15 is 0 Å². The lowest BCUT2D eigenvalue weighted by atomic mass is 10.1. The maximum Gasteiger partial charge on any atom is 0.0969 e. The molecular formula is C6H13NO. The van der Waals surface area contributed by atoms with Crippen molar-refractivity contribution in [2.45, 2.75) is 19.9 Å². The Bertz CT molecular complexity index is 66.9. The van der Waals surface area contributed by atoms with Crippen molar-refractivity contribution in [1.29, 1.82) is 0 Å². The van der Waals surface area contributed by atoms with Crippen LogP contribution in [0, 0.1) is 5.92 Å². The molecule has 0 aromatic carbocycles. The van der Waals surface area contributed by atoms with Crippen LogP contribution in [0.3, 0.4) is 0 Å². The Morgan fingerprint density at radius 3 is 2.62 bits per heavy atom. The highest BCUT2D eigenvalue weighted by Crippen LogP contribution is 2.05. The molecule has 48 valence electrons. The van der Waals surface area contributed by atoms with Crippen LogP contribution in [0.15, 0.2) is 0 Å². The number of ether oxygens (including phenoxy) is 1. The van der Waals surface area contributed by atoms with Crippen LogP contribution in [-0.4, -0.2) is 19.4 Å². The van der Waals surface area contributed by atoms with Crippen molar-refractivity contribution >= 4 is 0 Å². The maximum atomic E-state index is 5.11. The van der Waals surface area contributed by atoms with Crippen molar-refractivity contribution in [3.63, 3.8) is 0 Å². The van der Waals surface area contributed by atoms with E-state index in [0.717, 1.165) is 13.3 Å². The summed E-state index contributed by atoms with van der Waals surface area (Å²) in [5.41, 5.74) is 0. The normalized spacial score (nSPS) is 29.6. The third-order valence-electron chi connectivity index (χ3n) is 1.55. The van der Waals surface area contributed by atoms with Crippen molar-refractivity contribution in [1.82, 2.24) is 5.32 Å². The van der Waals surface area contributed by atoms with Gasteiger partial charge in [-0.2, -0.15) is 0 Å². The molecule has 0 amide bonds. The molecular weight excluding hydrogens is 102 g/mol. The largest absolute Gasteiger partial charge is 0.365 e. The number of rotatable bonds is 1. The molecule has 0 radical (unpaired) electrons. The van der Waals surface area contributed by atoms with Gasteiger partial charge >= 0.3 is 0 Å². The molecule has 1 aliphatic heterocycles. The van der Waals surface area contributed by atoms with Crippen molar-refractivity contribution in [3.05, 3.63) is 0 Å². The third-order valence-corrected chi connectivity index (χ3v) is 1.55. The highest BCUT2D eigenvalue weighted by atomic mass is 16.5. The predicted molar refractivity (Wildman–Crippen MR) is 32.6 cm³/mol. The van der Waals surface area contributed by atoms with Gasteiger partial charge in [-0.3, -0.25) is 5.32 Å². The Morgan fingerprint density at radius 1 is 1.62 bits per heavy atom. The molecule has 1 aliphatic rings. The van der Waals surface area contributed by atoms with Gasteiger partial charge in [-0.05, 0) is 5.92 Å². The zero-order valence-corrected chi connectivity index (χ0v) is 5.48. The van der Waals surface area contributed by atoms with E-state index in [1.54, 1.807) is 0 Å². The quantitative estimate of drug-likeness (QED) is 0.540. The van der Waals surface area contributed by atoms with Crippen LogP contribution in [0.2, 0.25) is 0 Å². The van der Waals surface area contributed by atoms with E-state index in [1.807, 2.05) is 0 Å². The van der Waals surface area contributed by atoms with Gasteiger partial charge < -0.3 is 4.74 Å². The molecule has 1 rings (SSSR count). The van der Waals surface area contributed by atoms with Crippen LogP contribution in [0.1, 0.15) is 13.8 Å². The summed E-state index contributed by atoms with van der Waals surface area (Å²) in [6, 6.07) is 0.593. The fourth-order valence-corrected chi connectivity index (χ4v) is 0.839. The van der Waals surface area contributed by atoms with Gasteiger partial charge in [-0.15, -0.1) is 0 Å². The van der Waals surface area contributed by atoms with Crippen molar-refractivity contribution in [3.8, 4) is 0 Å². The molecule has 0 unspecified atom stereocenters. The Hall–Kier alpha value is -0.0800. The van der Waals surface area contributed by atoms with Gasteiger partial charge in [-0.25, -0.2) is 0 Å². The smallest absolute Gasteiger partial charge is 0.0969 e. The first-order valence-electron chi connectivity index (χ1n) is 3.12. The van der Waals surface area contributed by atoms with E-state index in [9.17, 15) is 0 Å². The first-order chi connectivity index (χ1) is 3.80. The minimum Gasteiger partial charge on any atom is -0.365 e. The van der Waals surface area contributed by atoms with Gasteiger partial charge in [0.15, 0.2) is 0 Å². The topological polar surface area (TPSA) is 21.3 Å². The average molecular weight is 115 g/mol. The van der Waals surface area contributed by atoms with E-state index in [-0.39, 0.29) is 0 Å². The molecule has 0 aromatic heterocycles. The lowest BCUT2D eigenvalue weighted by Gasteiger charge is -2.10. The van der Waals surface area contributed by atoms with E-state index in [1.165, 1.54) is 0 Å². The Balaban J connectivity index is 2.24.